The van der Waals surface area contributed by atoms with Crippen molar-refractivity contribution in [1.82, 2.24) is 14.9 Å². The average molecular weight is 316 g/mol. The quantitative estimate of drug-likeness (QED) is 0.631. The molecule has 3 fully saturated rings. The lowest BCUT2D eigenvalue weighted by molar-refractivity contribution is -0.0939. The number of ether oxygens (including phenoxy) is 1. The number of aromatic nitrogens is 2. The van der Waals surface area contributed by atoms with Gasteiger partial charge in [-0.1, -0.05) is 0 Å². The molecule has 3 heterocycles. The molecule has 23 heavy (non-hydrogen) atoms. The van der Waals surface area contributed by atoms with E-state index in [0.29, 0.717) is 24.0 Å². The molecule has 1 aliphatic carbocycles. The van der Waals surface area contributed by atoms with Gasteiger partial charge in [0.1, 0.15) is 0 Å². The van der Waals surface area contributed by atoms with Crippen LogP contribution in [0.25, 0.3) is 0 Å². The first-order valence-corrected chi connectivity index (χ1v) is 8.53. The maximum absolute atomic E-state index is 6.25. The van der Waals surface area contributed by atoms with Crippen molar-refractivity contribution in [2.45, 2.75) is 31.4 Å². The average Bonchev–Trinajstić information content (AvgIpc) is 2.60. The van der Waals surface area contributed by atoms with E-state index in [-0.39, 0.29) is 0 Å². The van der Waals surface area contributed by atoms with E-state index in [2.05, 4.69) is 19.8 Å². The van der Waals surface area contributed by atoms with E-state index >= 15 is 0 Å². The summed E-state index contributed by atoms with van der Waals surface area (Å²) in [5.74, 6) is 2.07. The third-order valence-electron chi connectivity index (χ3n) is 5.20. The molecular weight excluding hydrogens is 292 g/mol. The molecule has 3 unspecified atom stereocenters. The van der Waals surface area contributed by atoms with E-state index in [1.54, 1.807) is 12.4 Å². The monoisotopic (exact) mass is 316 g/mol. The molecule has 3 atom stereocenters. The number of hydrogen-bond acceptors (Lipinski definition) is 5. The molecule has 2 N–H and O–H groups in total. The van der Waals surface area contributed by atoms with Gasteiger partial charge in [-0.2, -0.15) is 0 Å². The van der Waals surface area contributed by atoms with Crippen LogP contribution >= 0.6 is 0 Å². The van der Waals surface area contributed by atoms with Crippen LogP contribution in [-0.4, -0.2) is 65.8 Å². The van der Waals surface area contributed by atoms with Gasteiger partial charge in [-0.05, 0) is 25.3 Å². The number of anilines is 1. The lowest BCUT2D eigenvalue weighted by atomic mass is 9.73. The summed E-state index contributed by atoms with van der Waals surface area (Å²) in [6.07, 6.45) is 7.41. The smallest absolute Gasteiger partial charge is 0.225 e. The van der Waals surface area contributed by atoms with Gasteiger partial charge in [-0.3, -0.25) is 0 Å². The Morgan fingerprint density at radius 1 is 1.22 bits per heavy atom. The molecule has 1 aromatic rings. The Balaban J connectivity index is 1.32. The fourth-order valence-electron chi connectivity index (χ4n) is 3.75. The van der Waals surface area contributed by atoms with Gasteiger partial charge in [0.2, 0.25) is 5.95 Å². The summed E-state index contributed by atoms with van der Waals surface area (Å²) in [7, 11) is 0. The maximum atomic E-state index is 6.25. The Hall–Kier alpha value is -1.89. The van der Waals surface area contributed by atoms with Crippen LogP contribution < -0.4 is 10.6 Å². The third kappa shape index (κ3) is 2.97. The highest BCUT2D eigenvalue weighted by Gasteiger charge is 2.43. The molecule has 124 valence electrons. The van der Waals surface area contributed by atoms with Crippen LogP contribution in [0.4, 0.5) is 5.95 Å². The van der Waals surface area contributed by atoms with Crippen LogP contribution in [0.15, 0.2) is 23.5 Å². The molecule has 1 saturated carbocycles. The zero-order valence-corrected chi connectivity index (χ0v) is 13.3. The zero-order valence-electron chi connectivity index (χ0n) is 13.3. The summed E-state index contributed by atoms with van der Waals surface area (Å²) < 4.78 is 5.75. The van der Waals surface area contributed by atoms with Crippen LogP contribution in [0.3, 0.4) is 0 Å². The van der Waals surface area contributed by atoms with Crippen LogP contribution in [0.1, 0.15) is 19.3 Å². The first kappa shape index (κ1) is 14.7. The minimum Gasteiger partial charge on any atom is -0.378 e. The number of piperazine rings is 1. The fraction of sp³-hybridized carbons (Fsp3) is 0.688. The normalized spacial score (nSPS) is 31.5. The molecule has 3 aliphatic rings. The van der Waals surface area contributed by atoms with Crippen LogP contribution in [0, 0.1) is 5.92 Å². The highest BCUT2D eigenvalue weighted by atomic mass is 16.5. The zero-order chi connectivity index (χ0) is 15.6. The van der Waals surface area contributed by atoms with Gasteiger partial charge in [0.25, 0.3) is 0 Å². The maximum Gasteiger partial charge on any atom is 0.225 e. The van der Waals surface area contributed by atoms with Gasteiger partial charge in [0, 0.05) is 51.1 Å². The van der Waals surface area contributed by atoms with Crippen molar-refractivity contribution in [3.8, 4) is 0 Å². The number of nitrogens with two attached hydrogens (primary N) is 1. The standard InChI is InChI=1S/C16H24N6O/c17-15(20-13-11-14-12(13)3-1-10-23-14)21-6-8-22(9-7-21)16-18-4-2-5-19-16/h2,4-5,12-14H,1,3,6-11H2,(H2,17,20). The van der Waals surface area contributed by atoms with Crippen LogP contribution in [0.2, 0.25) is 0 Å². The Morgan fingerprint density at radius 3 is 2.74 bits per heavy atom. The number of guanidine groups is 1. The van der Waals surface area contributed by atoms with E-state index in [4.69, 9.17) is 15.5 Å². The van der Waals surface area contributed by atoms with Crippen LogP contribution in [-0.2, 0) is 4.74 Å². The Bertz CT molecular complexity index is 557. The van der Waals surface area contributed by atoms with Crippen molar-refractivity contribution < 1.29 is 4.74 Å². The minimum absolute atomic E-state index is 0.357. The summed E-state index contributed by atoms with van der Waals surface area (Å²) in [5.41, 5.74) is 6.25. The van der Waals surface area contributed by atoms with E-state index in [1.807, 2.05) is 6.07 Å². The minimum atomic E-state index is 0.357. The third-order valence-corrected chi connectivity index (χ3v) is 5.20. The number of fused-ring (bicyclic) bond motifs is 1. The SMILES string of the molecule is NC(=NC1CC2OCCCC12)N1CCN(c2ncccn2)CC1. The number of rotatable bonds is 2. The van der Waals surface area contributed by atoms with E-state index in [1.165, 1.54) is 6.42 Å². The molecule has 2 saturated heterocycles. The van der Waals surface area contributed by atoms with Crippen LogP contribution in [0.5, 0.6) is 0 Å². The van der Waals surface area contributed by atoms with Crippen molar-refractivity contribution in [3.05, 3.63) is 18.5 Å². The predicted octanol–water partition coefficient (Wildman–Crippen LogP) is 0.481. The number of hydrogen-bond donors (Lipinski definition) is 1. The molecule has 0 bridgehead atoms. The van der Waals surface area contributed by atoms with Gasteiger partial charge < -0.3 is 20.3 Å². The first-order chi connectivity index (χ1) is 11.3. The molecule has 0 spiro atoms. The molecular formula is C16H24N6O. The molecule has 7 heteroatoms. The molecule has 0 radical (unpaired) electrons. The highest BCUT2D eigenvalue weighted by Crippen LogP contribution is 2.39. The summed E-state index contributed by atoms with van der Waals surface area (Å²) in [6, 6.07) is 2.20. The largest absolute Gasteiger partial charge is 0.378 e. The van der Waals surface area contributed by atoms with Crippen molar-refractivity contribution in [3.63, 3.8) is 0 Å². The molecule has 0 aromatic carbocycles. The van der Waals surface area contributed by atoms with Crippen molar-refractivity contribution >= 4 is 11.9 Å². The molecule has 2 aliphatic heterocycles. The van der Waals surface area contributed by atoms with Gasteiger partial charge in [0.05, 0.1) is 12.1 Å². The Morgan fingerprint density at radius 2 is 2.00 bits per heavy atom. The summed E-state index contributed by atoms with van der Waals surface area (Å²) in [6.45, 7) is 4.40. The van der Waals surface area contributed by atoms with E-state index < -0.39 is 0 Å². The van der Waals surface area contributed by atoms with Crippen molar-refractivity contribution in [2.75, 3.05) is 37.7 Å². The molecule has 0 amide bonds. The fourth-order valence-corrected chi connectivity index (χ4v) is 3.75. The van der Waals surface area contributed by atoms with Gasteiger partial charge in [-0.15, -0.1) is 0 Å². The molecule has 4 rings (SSSR count). The second-order valence-electron chi connectivity index (χ2n) is 6.53. The number of nitrogens with zero attached hydrogens (tertiary/aromatic N) is 5. The summed E-state index contributed by atoms with van der Waals surface area (Å²) in [5, 5.41) is 0. The van der Waals surface area contributed by atoms with Gasteiger partial charge in [-0.25, -0.2) is 15.0 Å². The summed E-state index contributed by atoms with van der Waals surface area (Å²) >= 11 is 0. The predicted molar refractivity (Wildman–Crippen MR) is 88.3 cm³/mol. The van der Waals surface area contributed by atoms with E-state index in [0.717, 1.165) is 51.6 Å². The lowest BCUT2D eigenvalue weighted by Gasteiger charge is -2.46. The second-order valence-corrected chi connectivity index (χ2v) is 6.53. The molecule has 1 aromatic heterocycles. The topological polar surface area (TPSA) is 79.9 Å². The van der Waals surface area contributed by atoms with E-state index in [9.17, 15) is 0 Å². The molecule has 7 nitrogen and oxygen atoms in total. The van der Waals surface area contributed by atoms with Crippen molar-refractivity contribution in [1.29, 1.82) is 0 Å². The Labute approximate surface area is 136 Å². The van der Waals surface area contributed by atoms with Gasteiger partial charge in [0.15, 0.2) is 5.96 Å². The first-order valence-electron chi connectivity index (χ1n) is 8.53. The summed E-state index contributed by atoms with van der Waals surface area (Å²) in [4.78, 5) is 17.8. The lowest BCUT2D eigenvalue weighted by Crippen LogP contribution is -2.54. The highest BCUT2D eigenvalue weighted by molar-refractivity contribution is 5.78. The van der Waals surface area contributed by atoms with Crippen molar-refractivity contribution in [2.24, 2.45) is 16.6 Å². The Kier molecular flexibility index (Phi) is 4.03. The second kappa shape index (κ2) is 6.31. The van der Waals surface area contributed by atoms with Gasteiger partial charge >= 0.3 is 0 Å². The number of aliphatic imine (C=N–C) groups is 1.